The largest absolute Gasteiger partial charge is 0.483 e. The van der Waals surface area contributed by atoms with E-state index in [4.69, 9.17) is 23.4 Å². The first-order chi connectivity index (χ1) is 27.7. The Balaban J connectivity index is 0.855. The van der Waals surface area contributed by atoms with Crippen LogP contribution in [0.5, 0.6) is 5.75 Å². The molecule has 0 bridgehead atoms. The van der Waals surface area contributed by atoms with Crippen molar-refractivity contribution in [3.05, 3.63) is 102 Å². The fourth-order valence-electron chi connectivity index (χ4n) is 6.25. The summed E-state index contributed by atoms with van der Waals surface area (Å²) in [5.41, 5.74) is 3.28. The van der Waals surface area contributed by atoms with Crippen molar-refractivity contribution < 1.29 is 52.1 Å². The Bertz CT molecular complexity index is 2130. The van der Waals surface area contributed by atoms with Gasteiger partial charge in [-0.05, 0) is 36.6 Å². The molecule has 57 heavy (non-hydrogen) atoms. The van der Waals surface area contributed by atoms with Crippen LogP contribution in [0.3, 0.4) is 0 Å². The van der Waals surface area contributed by atoms with E-state index in [9.17, 15) is 28.8 Å². The first kappa shape index (κ1) is 40.2. The van der Waals surface area contributed by atoms with Gasteiger partial charge in [-0.1, -0.05) is 67.2 Å². The van der Waals surface area contributed by atoms with Gasteiger partial charge in [0, 0.05) is 24.1 Å². The summed E-state index contributed by atoms with van der Waals surface area (Å²) in [6.07, 6.45) is 1.78. The molecule has 3 aromatic carbocycles. The number of imide groups is 2. The normalized spacial score (nSPS) is 14.9. The van der Waals surface area contributed by atoms with E-state index in [-0.39, 0.29) is 48.9 Å². The zero-order valence-electron chi connectivity index (χ0n) is 31.0. The molecule has 3 heterocycles. The van der Waals surface area contributed by atoms with Crippen LogP contribution in [0.15, 0.2) is 89.9 Å². The van der Waals surface area contributed by atoms with Crippen LogP contribution in [0.1, 0.15) is 39.1 Å². The predicted octanol–water partition coefficient (Wildman–Crippen LogP) is 3.32. The Hall–Kier alpha value is -6.49. The number of piperidine rings is 1. The monoisotopic (exact) mass is 779 g/mol. The number of oxazole rings is 1. The van der Waals surface area contributed by atoms with Gasteiger partial charge >= 0.3 is 6.01 Å². The molecule has 0 radical (unpaired) electrons. The molecule has 6 amide bonds. The van der Waals surface area contributed by atoms with E-state index in [0.717, 1.165) is 27.7 Å². The van der Waals surface area contributed by atoms with Crippen LogP contribution < -0.4 is 20.7 Å². The second-order valence-corrected chi connectivity index (χ2v) is 12.8. The highest BCUT2D eigenvalue weighted by Crippen LogP contribution is 2.36. The number of benzene rings is 3. The Labute approximate surface area is 327 Å². The number of carbonyl (C=O) groups excluding carboxylic acids is 6. The number of rotatable bonds is 20. The van der Waals surface area contributed by atoms with E-state index in [2.05, 4.69) is 27.5 Å². The molecule has 4 aromatic rings. The molecule has 296 valence electrons. The van der Waals surface area contributed by atoms with Crippen molar-refractivity contribution >= 4 is 41.5 Å². The molecule has 1 fully saturated rings. The zero-order valence-corrected chi connectivity index (χ0v) is 31.0. The van der Waals surface area contributed by atoms with Crippen molar-refractivity contribution in [2.45, 2.75) is 25.3 Å². The molecular formula is C41H41N5O11. The molecule has 0 saturated carbocycles. The van der Waals surface area contributed by atoms with Gasteiger partial charge in [-0.3, -0.25) is 44.3 Å². The lowest BCUT2D eigenvalue weighted by Gasteiger charge is -2.27. The smallest absolute Gasteiger partial charge is 0.302 e. The fraction of sp³-hybridized carbons (Fsp3) is 0.293. The Morgan fingerprint density at radius 1 is 0.860 bits per heavy atom. The summed E-state index contributed by atoms with van der Waals surface area (Å²) >= 11 is 0. The lowest BCUT2D eigenvalue weighted by atomic mass is 9.99. The highest BCUT2D eigenvalue weighted by atomic mass is 16.5. The van der Waals surface area contributed by atoms with Gasteiger partial charge in [-0.25, -0.2) is 0 Å². The third kappa shape index (κ3) is 10.0. The molecule has 0 spiro atoms. The van der Waals surface area contributed by atoms with Gasteiger partial charge < -0.3 is 28.7 Å². The summed E-state index contributed by atoms with van der Waals surface area (Å²) in [5, 5.41) is 7.41. The van der Waals surface area contributed by atoms with Crippen molar-refractivity contribution in [2.24, 2.45) is 0 Å². The third-order valence-electron chi connectivity index (χ3n) is 8.97. The second kappa shape index (κ2) is 19.4. The van der Waals surface area contributed by atoms with Crippen molar-refractivity contribution in [1.82, 2.24) is 20.5 Å². The average Bonchev–Trinajstić information content (AvgIpc) is 3.75. The van der Waals surface area contributed by atoms with Crippen LogP contribution in [-0.4, -0.2) is 104 Å². The molecule has 16 heteroatoms. The lowest BCUT2D eigenvalue weighted by molar-refractivity contribution is -0.136. The highest BCUT2D eigenvalue weighted by Gasteiger charge is 2.46. The van der Waals surface area contributed by atoms with Crippen LogP contribution in [-0.2, 0) is 39.8 Å². The maximum absolute atomic E-state index is 13.2. The number of anilines is 1. The summed E-state index contributed by atoms with van der Waals surface area (Å²) in [4.78, 5) is 79.8. The maximum atomic E-state index is 13.2. The molecular weight excluding hydrogens is 738 g/mol. The van der Waals surface area contributed by atoms with E-state index in [0.29, 0.717) is 50.9 Å². The standard InChI is InChI=1S/C41H41N5O11/c1-2-32(47)44-41-45-36(37(57-41)27-10-4-3-5-11-27)28-12-7-6-9-26(28)17-19-53-21-23-55-24-22-54-20-18-42-34(49)25-56-31-14-8-13-29-35(31)40(52)46(39(29)51)30-15-16-33(48)43-38(30)50/h2-14,30H,1,15-25H2,(H,42,49)(H,43,48,50)(H,44,45,47). The fourth-order valence-corrected chi connectivity index (χ4v) is 6.25. The van der Waals surface area contributed by atoms with Gasteiger partial charge in [0.1, 0.15) is 17.5 Å². The Morgan fingerprint density at radius 3 is 2.32 bits per heavy atom. The number of nitrogens with one attached hydrogen (secondary N) is 3. The summed E-state index contributed by atoms with van der Waals surface area (Å²) in [5.74, 6) is -2.90. The van der Waals surface area contributed by atoms with Gasteiger partial charge in [0.2, 0.25) is 11.8 Å². The average molecular weight is 780 g/mol. The van der Waals surface area contributed by atoms with E-state index < -0.39 is 48.1 Å². The van der Waals surface area contributed by atoms with E-state index in [1.54, 1.807) is 0 Å². The summed E-state index contributed by atoms with van der Waals surface area (Å²) < 4.78 is 28.5. The minimum atomic E-state index is -1.11. The summed E-state index contributed by atoms with van der Waals surface area (Å²) in [6, 6.07) is 20.7. The SMILES string of the molecule is C=CC(=O)Nc1nc(-c2ccccc2CCOCCOCCOCCNC(=O)COc2cccc3c2C(=O)N(C2CCC(=O)NC2=O)C3=O)c(-c2ccccc2)o1. The zero-order chi connectivity index (χ0) is 40.1. The summed E-state index contributed by atoms with van der Waals surface area (Å²) in [7, 11) is 0. The topological polar surface area (TPSA) is 205 Å². The predicted molar refractivity (Wildman–Crippen MR) is 204 cm³/mol. The van der Waals surface area contributed by atoms with Gasteiger partial charge in [0.05, 0.1) is 50.8 Å². The molecule has 2 aliphatic heterocycles. The van der Waals surface area contributed by atoms with Crippen molar-refractivity contribution in [1.29, 1.82) is 0 Å². The molecule has 16 nitrogen and oxygen atoms in total. The second-order valence-electron chi connectivity index (χ2n) is 12.8. The number of hydrogen-bond donors (Lipinski definition) is 3. The van der Waals surface area contributed by atoms with E-state index in [1.807, 2.05) is 54.6 Å². The lowest BCUT2D eigenvalue weighted by Crippen LogP contribution is -2.54. The van der Waals surface area contributed by atoms with Crippen molar-refractivity contribution in [2.75, 3.05) is 58.1 Å². The summed E-state index contributed by atoms with van der Waals surface area (Å²) in [6.45, 7) is 5.27. The van der Waals surface area contributed by atoms with Crippen molar-refractivity contribution in [3.8, 4) is 28.3 Å². The third-order valence-corrected chi connectivity index (χ3v) is 8.97. The van der Waals surface area contributed by atoms with Gasteiger partial charge in [0.25, 0.3) is 23.6 Å². The molecule has 1 unspecified atom stereocenters. The number of ether oxygens (including phenoxy) is 4. The molecule has 0 aliphatic carbocycles. The molecule has 3 N–H and O–H groups in total. The maximum Gasteiger partial charge on any atom is 0.302 e. The first-order valence-corrected chi connectivity index (χ1v) is 18.3. The van der Waals surface area contributed by atoms with Crippen LogP contribution in [0.2, 0.25) is 0 Å². The molecule has 1 saturated heterocycles. The van der Waals surface area contributed by atoms with Crippen LogP contribution in [0, 0.1) is 0 Å². The minimum Gasteiger partial charge on any atom is -0.483 e. The highest BCUT2D eigenvalue weighted by molar-refractivity contribution is 6.24. The minimum absolute atomic E-state index is 0.00436. The Morgan fingerprint density at radius 2 is 1.56 bits per heavy atom. The number of hydrogen-bond acceptors (Lipinski definition) is 12. The number of fused-ring (bicyclic) bond motifs is 1. The molecule has 2 aliphatic rings. The van der Waals surface area contributed by atoms with Gasteiger partial charge in [0.15, 0.2) is 12.4 Å². The Kier molecular flexibility index (Phi) is 13.7. The van der Waals surface area contributed by atoms with Crippen LogP contribution >= 0.6 is 0 Å². The van der Waals surface area contributed by atoms with Crippen molar-refractivity contribution in [3.63, 3.8) is 0 Å². The molecule has 1 aromatic heterocycles. The van der Waals surface area contributed by atoms with E-state index >= 15 is 0 Å². The number of amides is 6. The van der Waals surface area contributed by atoms with Gasteiger partial charge in [-0.2, -0.15) is 4.98 Å². The van der Waals surface area contributed by atoms with E-state index in [1.165, 1.54) is 18.2 Å². The number of nitrogens with zero attached hydrogens (tertiary/aromatic N) is 2. The number of aromatic nitrogens is 1. The van der Waals surface area contributed by atoms with Gasteiger partial charge in [-0.15, -0.1) is 0 Å². The van der Waals surface area contributed by atoms with Crippen LogP contribution in [0.4, 0.5) is 6.01 Å². The number of carbonyl (C=O) groups is 6. The molecule has 1 atom stereocenters. The van der Waals surface area contributed by atoms with Crippen LogP contribution in [0.25, 0.3) is 22.6 Å². The quantitative estimate of drug-likeness (QED) is 0.0672. The molecule has 6 rings (SSSR count). The first-order valence-electron chi connectivity index (χ1n) is 18.3.